The minimum Gasteiger partial charge on any atom is -0.373 e. The number of piperazine rings is 2. The standard InChI is InChI=1S/C37H72N8O/c1-29-23-43(31-10-16-38(3)17-11-31)26-35(41(29)6)22-36-27-45(33-14-20-40(5)21-15-33)25-34(42(36)7)8-9-37-28-44(24-30(2)46-37)32-12-18-39(4)19-13-32/h29-37H,8-28H2,1-7H3. The topological polar surface area (TPSA) is 35.2 Å². The van der Waals surface area contributed by atoms with E-state index in [1.54, 1.807) is 0 Å². The zero-order chi connectivity index (χ0) is 32.4. The van der Waals surface area contributed by atoms with Crippen molar-refractivity contribution in [1.82, 2.24) is 39.2 Å². The molecule has 0 saturated carbocycles. The van der Waals surface area contributed by atoms with Crippen molar-refractivity contribution in [3.63, 3.8) is 0 Å². The summed E-state index contributed by atoms with van der Waals surface area (Å²) >= 11 is 0. The lowest BCUT2D eigenvalue weighted by Crippen LogP contribution is -2.64. The molecule has 9 heteroatoms. The van der Waals surface area contributed by atoms with Gasteiger partial charge in [-0.05, 0) is 146 Å². The molecule has 266 valence electrons. The summed E-state index contributed by atoms with van der Waals surface area (Å²) in [7, 11) is 11.8. The number of hydrogen-bond acceptors (Lipinski definition) is 9. The molecule has 0 amide bonds. The lowest BCUT2D eigenvalue weighted by Gasteiger charge is -2.53. The van der Waals surface area contributed by atoms with Crippen LogP contribution in [0, 0.1) is 0 Å². The second-order valence-electron chi connectivity index (χ2n) is 17.0. The Labute approximate surface area is 283 Å². The Morgan fingerprint density at radius 3 is 1.43 bits per heavy atom. The van der Waals surface area contributed by atoms with Gasteiger partial charge in [0.15, 0.2) is 0 Å². The Bertz CT molecular complexity index is 917. The van der Waals surface area contributed by atoms with Gasteiger partial charge in [-0.15, -0.1) is 0 Å². The van der Waals surface area contributed by atoms with E-state index in [9.17, 15) is 0 Å². The van der Waals surface area contributed by atoms with E-state index in [1.807, 2.05) is 0 Å². The Kier molecular flexibility index (Phi) is 12.4. The summed E-state index contributed by atoms with van der Waals surface area (Å²) in [5.74, 6) is 0. The van der Waals surface area contributed by atoms with Gasteiger partial charge in [0.25, 0.3) is 0 Å². The van der Waals surface area contributed by atoms with Crippen molar-refractivity contribution >= 4 is 0 Å². The lowest BCUT2D eigenvalue weighted by atomic mass is 9.91. The molecule has 6 aliphatic rings. The van der Waals surface area contributed by atoms with Gasteiger partial charge in [-0.1, -0.05) is 0 Å². The van der Waals surface area contributed by atoms with Crippen molar-refractivity contribution in [1.29, 1.82) is 0 Å². The van der Waals surface area contributed by atoms with Crippen LogP contribution in [0.1, 0.15) is 71.6 Å². The molecule has 46 heavy (non-hydrogen) atoms. The van der Waals surface area contributed by atoms with E-state index in [4.69, 9.17) is 4.74 Å². The zero-order valence-corrected chi connectivity index (χ0v) is 31.0. The van der Waals surface area contributed by atoms with Crippen molar-refractivity contribution < 1.29 is 4.74 Å². The molecule has 0 aromatic rings. The fourth-order valence-corrected chi connectivity index (χ4v) is 10.2. The number of likely N-dealkylation sites (tertiary alicyclic amines) is 3. The summed E-state index contributed by atoms with van der Waals surface area (Å²) in [6, 6.07) is 4.78. The van der Waals surface area contributed by atoms with Gasteiger partial charge >= 0.3 is 0 Å². The van der Waals surface area contributed by atoms with Gasteiger partial charge < -0.3 is 19.4 Å². The van der Waals surface area contributed by atoms with Gasteiger partial charge in [0, 0.05) is 81.6 Å². The summed E-state index contributed by atoms with van der Waals surface area (Å²) in [6.45, 7) is 19.5. The number of morpholine rings is 1. The third-order valence-corrected chi connectivity index (χ3v) is 13.6. The number of rotatable bonds is 8. The molecule has 0 aromatic heterocycles. The first-order chi connectivity index (χ1) is 22.1. The highest BCUT2D eigenvalue weighted by atomic mass is 16.5. The van der Waals surface area contributed by atoms with E-state index in [2.05, 4.69) is 88.3 Å². The van der Waals surface area contributed by atoms with Gasteiger partial charge in [0.05, 0.1) is 12.2 Å². The summed E-state index contributed by atoms with van der Waals surface area (Å²) < 4.78 is 6.66. The molecular formula is C37H72N8O. The van der Waals surface area contributed by atoms with Gasteiger partial charge in [-0.25, -0.2) is 0 Å². The zero-order valence-electron chi connectivity index (χ0n) is 31.0. The van der Waals surface area contributed by atoms with Gasteiger partial charge in [0.1, 0.15) is 0 Å². The first kappa shape index (κ1) is 35.5. The largest absolute Gasteiger partial charge is 0.373 e. The molecule has 6 aliphatic heterocycles. The van der Waals surface area contributed by atoms with Gasteiger partial charge in [-0.3, -0.25) is 24.5 Å². The number of likely N-dealkylation sites (N-methyl/N-ethyl adjacent to an activating group) is 2. The predicted octanol–water partition coefficient (Wildman–Crippen LogP) is 2.52. The van der Waals surface area contributed by atoms with Crippen molar-refractivity contribution in [2.75, 3.05) is 114 Å². The summed E-state index contributed by atoms with van der Waals surface area (Å²) in [4.78, 5) is 21.8. The average Bonchev–Trinajstić information content (AvgIpc) is 3.04. The highest BCUT2D eigenvalue weighted by Crippen LogP contribution is 2.31. The molecule has 9 nitrogen and oxygen atoms in total. The van der Waals surface area contributed by atoms with Crippen LogP contribution in [0.2, 0.25) is 0 Å². The first-order valence-corrected chi connectivity index (χ1v) is 19.5. The van der Waals surface area contributed by atoms with E-state index >= 15 is 0 Å². The van der Waals surface area contributed by atoms with Gasteiger partial charge in [-0.2, -0.15) is 0 Å². The van der Waals surface area contributed by atoms with Gasteiger partial charge in [0.2, 0.25) is 0 Å². The Hall–Kier alpha value is -0.360. The minimum atomic E-state index is 0.349. The van der Waals surface area contributed by atoms with Crippen LogP contribution in [-0.2, 0) is 4.74 Å². The summed E-state index contributed by atoms with van der Waals surface area (Å²) in [6.07, 6.45) is 12.4. The van der Waals surface area contributed by atoms with Crippen LogP contribution < -0.4 is 0 Å². The maximum Gasteiger partial charge on any atom is 0.0707 e. The van der Waals surface area contributed by atoms with Crippen LogP contribution in [0.4, 0.5) is 0 Å². The molecule has 6 unspecified atom stereocenters. The molecule has 0 radical (unpaired) electrons. The lowest BCUT2D eigenvalue weighted by molar-refractivity contribution is -0.101. The van der Waals surface area contributed by atoms with Crippen LogP contribution >= 0.6 is 0 Å². The average molecular weight is 645 g/mol. The molecule has 0 spiro atoms. The third kappa shape index (κ3) is 8.86. The summed E-state index contributed by atoms with van der Waals surface area (Å²) in [5.41, 5.74) is 0. The molecular weight excluding hydrogens is 572 g/mol. The minimum absolute atomic E-state index is 0.349. The second kappa shape index (κ2) is 16.1. The molecule has 6 fully saturated rings. The van der Waals surface area contributed by atoms with E-state index in [1.165, 1.54) is 123 Å². The SMILES string of the molecule is CC1CN(C2CCN(C)CC2)CC(CCC2CN(C3CCN(C)CC3)CC(CC3CN(C4CCN(C)CC4)CC(C)N3C)N2C)O1. The highest BCUT2D eigenvalue weighted by molar-refractivity contribution is 4.98. The molecule has 0 aromatic carbocycles. The molecule has 0 N–H and O–H groups in total. The first-order valence-electron chi connectivity index (χ1n) is 19.5. The third-order valence-electron chi connectivity index (χ3n) is 13.6. The normalized spacial score (nSPS) is 38.2. The Morgan fingerprint density at radius 2 is 0.913 bits per heavy atom. The fraction of sp³-hybridized carbons (Fsp3) is 1.00. The monoisotopic (exact) mass is 645 g/mol. The van der Waals surface area contributed by atoms with Crippen molar-refractivity contribution in [2.24, 2.45) is 0 Å². The predicted molar refractivity (Wildman–Crippen MR) is 191 cm³/mol. The number of nitrogens with zero attached hydrogens (tertiary/aromatic N) is 8. The van der Waals surface area contributed by atoms with Crippen LogP contribution in [0.15, 0.2) is 0 Å². The van der Waals surface area contributed by atoms with Crippen LogP contribution in [-0.4, -0.2) is 207 Å². The molecule has 0 aliphatic carbocycles. The van der Waals surface area contributed by atoms with E-state index in [0.717, 1.165) is 31.2 Å². The maximum absolute atomic E-state index is 6.66. The summed E-state index contributed by atoms with van der Waals surface area (Å²) in [5, 5.41) is 0. The molecule has 6 rings (SSSR count). The van der Waals surface area contributed by atoms with E-state index in [-0.39, 0.29) is 0 Å². The second-order valence-corrected chi connectivity index (χ2v) is 17.0. The smallest absolute Gasteiger partial charge is 0.0707 e. The van der Waals surface area contributed by atoms with Crippen LogP contribution in [0.25, 0.3) is 0 Å². The Balaban J connectivity index is 1.10. The van der Waals surface area contributed by atoms with Crippen LogP contribution in [0.5, 0.6) is 0 Å². The number of hydrogen-bond donors (Lipinski definition) is 0. The van der Waals surface area contributed by atoms with E-state index in [0.29, 0.717) is 36.4 Å². The quantitative estimate of drug-likeness (QED) is 0.396. The van der Waals surface area contributed by atoms with Crippen molar-refractivity contribution in [2.45, 2.75) is 126 Å². The van der Waals surface area contributed by atoms with Crippen LogP contribution in [0.3, 0.4) is 0 Å². The molecule has 6 heterocycles. The number of piperidine rings is 3. The number of ether oxygens (including phenoxy) is 1. The Morgan fingerprint density at radius 1 is 0.478 bits per heavy atom. The maximum atomic E-state index is 6.66. The van der Waals surface area contributed by atoms with Crippen molar-refractivity contribution in [3.05, 3.63) is 0 Å². The molecule has 0 bridgehead atoms. The van der Waals surface area contributed by atoms with Crippen molar-refractivity contribution in [3.8, 4) is 0 Å². The van der Waals surface area contributed by atoms with E-state index < -0.39 is 0 Å². The molecule has 6 atom stereocenters. The fourth-order valence-electron chi connectivity index (χ4n) is 10.2. The molecule has 6 saturated heterocycles. The highest BCUT2D eigenvalue weighted by Gasteiger charge is 2.41.